The van der Waals surface area contributed by atoms with Gasteiger partial charge in [0.05, 0.1) is 6.10 Å². The number of allylic oxidation sites excluding steroid dienone is 3. The molecule has 0 heterocycles. The Hall–Kier alpha value is -1.13. The number of rotatable bonds is 1. The van der Waals surface area contributed by atoms with Gasteiger partial charge in [-0.05, 0) is 60.7 Å². The molecule has 25 heavy (non-hydrogen) atoms. The summed E-state index contributed by atoms with van der Waals surface area (Å²) >= 11 is 0. The number of aliphatic hydroxyl groups is 1. The summed E-state index contributed by atoms with van der Waals surface area (Å²) in [5.74, 6) is 1.22. The van der Waals surface area contributed by atoms with Crippen molar-refractivity contribution in [2.75, 3.05) is 0 Å². The van der Waals surface area contributed by atoms with E-state index in [0.717, 1.165) is 32.1 Å². The van der Waals surface area contributed by atoms with Crippen molar-refractivity contribution >= 4 is 5.97 Å². The molecular formula is C21H31NO3. The van der Waals surface area contributed by atoms with Crippen molar-refractivity contribution < 1.29 is 14.6 Å². The highest BCUT2D eigenvalue weighted by atomic mass is 16.5. The minimum atomic E-state index is -0.296. The van der Waals surface area contributed by atoms with Crippen LogP contribution in [0, 0.1) is 28.6 Å². The first-order valence-corrected chi connectivity index (χ1v) is 9.76. The molecule has 4 heteroatoms. The van der Waals surface area contributed by atoms with Gasteiger partial charge >= 0.3 is 5.97 Å². The molecule has 0 amide bonds. The predicted molar refractivity (Wildman–Crippen MR) is 96.5 cm³/mol. The molecule has 0 spiro atoms. The maximum atomic E-state index is 11.5. The van der Waals surface area contributed by atoms with E-state index in [0.29, 0.717) is 17.8 Å². The maximum Gasteiger partial charge on any atom is 0.302 e. The van der Waals surface area contributed by atoms with Crippen LogP contribution in [0.4, 0.5) is 0 Å². The number of carbonyl (C=O) groups excluding carboxylic acids is 1. The first kappa shape index (κ1) is 17.3. The zero-order valence-corrected chi connectivity index (χ0v) is 15.6. The Balaban J connectivity index is 1.67. The van der Waals surface area contributed by atoms with E-state index in [2.05, 4.69) is 26.0 Å². The minimum Gasteiger partial charge on any atom is -0.461 e. The Kier molecular flexibility index (Phi) is 3.93. The van der Waals surface area contributed by atoms with E-state index < -0.39 is 0 Å². The highest BCUT2D eigenvalue weighted by Gasteiger charge is 2.59. The van der Waals surface area contributed by atoms with Gasteiger partial charge in [0.25, 0.3) is 0 Å². The SMILES string of the molecule is CC(=O)OC1C[C@H]2C3=CCC4CC(O)C=C[C@]4(C)[C@@H]3CC[C@]2(C)C1N. The molecule has 3 N–H and O–H groups in total. The average molecular weight is 345 g/mol. The molecule has 0 aromatic heterocycles. The number of carbonyl (C=O) groups is 1. The topological polar surface area (TPSA) is 72.5 Å². The van der Waals surface area contributed by atoms with Crippen molar-refractivity contribution in [1.82, 2.24) is 0 Å². The fraction of sp³-hybridized carbons (Fsp3) is 0.762. The summed E-state index contributed by atoms with van der Waals surface area (Å²) < 4.78 is 5.57. The number of esters is 1. The van der Waals surface area contributed by atoms with Crippen LogP contribution in [0.5, 0.6) is 0 Å². The smallest absolute Gasteiger partial charge is 0.302 e. The highest BCUT2D eigenvalue weighted by Crippen LogP contribution is 2.63. The van der Waals surface area contributed by atoms with Crippen LogP contribution >= 0.6 is 0 Å². The van der Waals surface area contributed by atoms with Crippen molar-refractivity contribution in [3.8, 4) is 0 Å². The number of aliphatic hydroxyl groups excluding tert-OH is 1. The van der Waals surface area contributed by atoms with E-state index in [1.54, 1.807) is 5.57 Å². The Bertz CT molecular complexity index is 641. The number of nitrogens with two attached hydrogens (primary N) is 1. The zero-order chi connectivity index (χ0) is 18.0. The second-order valence-electron chi connectivity index (χ2n) is 9.22. The standard InChI is InChI=1S/C21H31NO3/c1-12(23)25-18-11-17-15-5-4-13-10-14(24)6-8-20(13,2)16(15)7-9-21(17,3)19(18)22/h5-6,8,13-14,16-19,24H,4,7,9-11,22H2,1-3H3/t13?,14?,16-,17+,18?,19?,20+,21+/m1/s1. The molecule has 4 aliphatic carbocycles. The third-order valence-electron chi connectivity index (χ3n) is 7.99. The van der Waals surface area contributed by atoms with Gasteiger partial charge in [-0.15, -0.1) is 0 Å². The van der Waals surface area contributed by atoms with E-state index in [4.69, 9.17) is 10.5 Å². The fourth-order valence-corrected chi connectivity index (χ4v) is 6.42. The van der Waals surface area contributed by atoms with Crippen molar-refractivity contribution in [3.63, 3.8) is 0 Å². The van der Waals surface area contributed by atoms with Crippen molar-refractivity contribution in [3.05, 3.63) is 23.8 Å². The lowest BCUT2D eigenvalue weighted by Crippen LogP contribution is -2.51. The quantitative estimate of drug-likeness (QED) is 0.566. The molecule has 2 fully saturated rings. The Morgan fingerprint density at radius 1 is 1.32 bits per heavy atom. The first-order valence-electron chi connectivity index (χ1n) is 9.76. The molecule has 4 aliphatic rings. The van der Waals surface area contributed by atoms with Crippen LogP contribution in [0.25, 0.3) is 0 Å². The summed E-state index contributed by atoms with van der Waals surface area (Å²) in [4.78, 5) is 11.5. The molecule has 0 bridgehead atoms. The van der Waals surface area contributed by atoms with Gasteiger partial charge in [0, 0.05) is 13.0 Å². The molecule has 0 saturated heterocycles. The molecule has 138 valence electrons. The predicted octanol–water partition coefficient (Wildman–Crippen LogP) is 2.96. The molecule has 0 aromatic carbocycles. The number of hydrogen-bond acceptors (Lipinski definition) is 4. The summed E-state index contributed by atoms with van der Waals surface area (Å²) in [5.41, 5.74) is 8.26. The normalized spacial score (nSPS) is 51.2. The van der Waals surface area contributed by atoms with Gasteiger partial charge in [0.2, 0.25) is 0 Å². The van der Waals surface area contributed by atoms with Crippen LogP contribution in [-0.2, 0) is 9.53 Å². The Labute approximate surface area is 150 Å². The third kappa shape index (κ3) is 2.44. The third-order valence-corrected chi connectivity index (χ3v) is 7.99. The van der Waals surface area contributed by atoms with E-state index in [-0.39, 0.29) is 35.0 Å². The van der Waals surface area contributed by atoms with Crippen LogP contribution in [0.15, 0.2) is 23.8 Å². The largest absolute Gasteiger partial charge is 0.461 e. The van der Waals surface area contributed by atoms with Crippen LogP contribution < -0.4 is 5.73 Å². The Morgan fingerprint density at radius 3 is 2.80 bits per heavy atom. The summed E-state index contributed by atoms with van der Waals surface area (Å²) in [6.45, 7) is 6.14. The van der Waals surface area contributed by atoms with Crippen LogP contribution in [0.2, 0.25) is 0 Å². The van der Waals surface area contributed by atoms with Gasteiger partial charge < -0.3 is 15.6 Å². The molecule has 4 nitrogen and oxygen atoms in total. The van der Waals surface area contributed by atoms with Crippen molar-refractivity contribution in [1.29, 1.82) is 0 Å². The monoisotopic (exact) mass is 345 g/mol. The first-order chi connectivity index (χ1) is 11.8. The van der Waals surface area contributed by atoms with E-state index >= 15 is 0 Å². The Morgan fingerprint density at radius 2 is 2.08 bits per heavy atom. The highest BCUT2D eigenvalue weighted by molar-refractivity contribution is 5.66. The second kappa shape index (κ2) is 5.68. The molecule has 0 aromatic rings. The molecule has 0 aliphatic heterocycles. The summed E-state index contributed by atoms with van der Waals surface area (Å²) in [6.07, 6.45) is 11.2. The van der Waals surface area contributed by atoms with Gasteiger partial charge in [0.15, 0.2) is 0 Å². The molecule has 2 saturated carbocycles. The number of fused-ring (bicyclic) bond motifs is 5. The lowest BCUT2D eigenvalue weighted by atomic mass is 9.50. The molecule has 4 unspecified atom stereocenters. The lowest BCUT2D eigenvalue weighted by Gasteiger charge is -2.55. The zero-order valence-electron chi connectivity index (χ0n) is 15.6. The van der Waals surface area contributed by atoms with Crippen LogP contribution in [-0.4, -0.2) is 29.3 Å². The second-order valence-corrected chi connectivity index (χ2v) is 9.22. The van der Waals surface area contributed by atoms with Crippen molar-refractivity contribution in [2.45, 2.75) is 71.1 Å². The van der Waals surface area contributed by atoms with Gasteiger partial charge in [-0.2, -0.15) is 0 Å². The summed E-state index contributed by atoms with van der Waals surface area (Å²) in [7, 11) is 0. The van der Waals surface area contributed by atoms with E-state index in [1.807, 2.05) is 6.08 Å². The molecule has 0 radical (unpaired) electrons. The van der Waals surface area contributed by atoms with Gasteiger partial charge in [-0.3, -0.25) is 4.79 Å². The minimum absolute atomic E-state index is 0.0174. The van der Waals surface area contributed by atoms with E-state index in [1.165, 1.54) is 6.92 Å². The number of ether oxygens (including phenoxy) is 1. The molecule has 8 atom stereocenters. The fourth-order valence-electron chi connectivity index (χ4n) is 6.42. The van der Waals surface area contributed by atoms with E-state index in [9.17, 15) is 9.90 Å². The summed E-state index contributed by atoms with van der Waals surface area (Å²) in [5, 5.41) is 10.0. The average Bonchev–Trinajstić information content (AvgIpc) is 2.79. The van der Waals surface area contributed by atoms with Gasteiger partial charge in [-0.1, -0.05) is 37.6 Å². The van der Waals surface area contributed by atoms with Crippen LogP contribution in [0.3, 0.4) is 0 Å². The molecular weight excluding hydrogens is 314 g/mol. The van der Waals surface area contributed by atoms with Crippen molar-refractivity contribution in [2.24, 2.45) is 34.3 Å². The van der Waals surface area contributed by atoms with Gasteiger partial charge in [-0.25, -0.2) is 0 Å². The van der Waals surface area contributed by atoms with Crippen LogP contribution in [0.1, 0.15) is 52.9 Å². The summed E-state index contributed by atoms with van der Waals surface area (Å²) in [6, 6.07) is -0.0856. The number of hydrogen-bond donors (Lipinski definition) is 2. The lowest BCUT2D eigenvalue weighted by molar-refractivity contribution is -0.147. The van der Waals surface area contributed by atoms with Gasteiger partial charge in [0.1, 0.15) is 6.10 Å². The maximum absolute atomic E-state index is 11.5. The molecule has 4 rings (SSSR count).